The Morgan fingerprint density at radius 1 is 1.50 bits per heavy atom. The molecule has 1 saturated heterocycles. The summed E-state index contributed by atoms with van der Waals surface area (Å²) in [6.45, 7) is 1.58. The van der Waals surface area contributed by atoms with Crippen LogP contribution in [0.3, 0.4) is 0 Å². The fourth-order valence-electron chi connectivity index (χ4n) is 2.08. The van der Waals surface area contributed by atoms with Crippen LogP contribution in [0.1, 0.15) is 25.7 Å². The number of nitrogens with one attached hydrogen (secondary N) is 2. The van der Waals surface area contributed by atoms with Crippen LogP contribution in [0.5, 0.6) is 0 Å². The SMILES string of the molecule is COCC1(CNC(=O)CCC(F)(F)F)CCCN1. The summed E-state index contributed by atoms with van der Waals surface area (Å²) in [5.74, 6) is -0.573. The molecule has 0 aliphatic carbocycles. The third-order valence-electron chi connectivity index (χ3n) is 3.01. The normalized spacial score (nSPS) is 24.2. The Balaban J connectivity index is 2.32. The molecule has 0 aromatic carbocycles. The molecule has 1 amide bonds. The first-order chi connectivity index (χ1) is 8.37. The van der Waals surface area contributed by atoms with Crippen LogP contribution in [0.15, 0.2) is 0 Å². The van der Waals surface area contributed by atoms with E-state index in [9.17, 15) is 18.0 Å². The number of carbonyl (C=O) groups excluding carboxylic acids is 1. The van der Waals surface area contributed by atoms with E-state index in [-0.39, 0.29) is 5.54 Å². The van der Waals surface area contributed by atoms with E-state index in [1.807, 2.05) is 0 Å². The van der Waals surface area contributed by atoms with E-state index < -0.39 is 24.9 Å². The lowest BCUT2D eigenvalue weighted by molar-refractivity contribution is -0.144. The fraction of sp³-hybridized carbons (Fsp3) is 0.909. The number of methoxy groups -OCH3 is 1. The second-order valence-electron chi connectivity index (χ2n) is 4.64. The number of halogens is 3. The summed E-state index contributed by atoms with van der Waals surface area (Å²) in [6, 6.07) is 0. The third kappa shape index (κ3) is 5.22. The zero-order valence-corrected chi connectivity index (χ0v) is 10.4. The summed E-state index contributed by atoms with van der Waals surface area (Å²) in [5.41, 5.74) is -0.331. The van der Waals surface area contributed by atoms with E-state index in [0.29, 0.717) is 13.2 Å². The van der Waals surface area contributed by atoms with Crippen LogP contribution in [0.2, 0.25) is 0 Å². The predicted molar refractivity (Wildman–Crippen MR) is 60.1 cm³/mol. The minimum atomic E-state index is -4.28. The number of alkyl halides is 3. The molecule has 18 heavy (non-hydrogen) atoms. The van der Waals surface area contributed by atoms with Gasteiger partial charge in [-0.25, -0.2) is 0 Å². The molecule has 1 atom stereocenters. The highest BCUT2D eigenvalue weighted by molar-refractivity contribution is 5.76. The Morgan fingerprint density at radius 3 is 2.72 bits per heavy atom. The van der Waals surface area contributed by atoms with Crippen LogP contribution in [-0.4, -0.2) is 44.4 Å². The van der Waals surface area contributed by atoms with Gasteiger partial charge in [0.15, 0.2) is 0 Å². The minimum absolute atomic E-state index is 0.303. The van der Waals surface area contributed by atoms with Gasteiger partial charge in [-0.05, 0) is 19.4 Å². The van der Waals surface area contributed by atoms with E-state index in [1.165, 1.54) is 0 Å². The van der Waals surface area contributed by atoms with Crippen molar-refractivity contribution in [3.63, 3.8) is 0 Å². The number of hydrogen-bond donors (Lipinski definition) is 2. The van der Waals surface area contributed by atoms with Crippen molar-refractivity contribution in [2.75, 3.05) is 26.8 Å². The number of rotatable bonds is 6. The van der Waals surface area contributed by atoms with Gasteiger partial charge in [-0.2, -0.15) is 13.2 Å². The van der Waals surface area contributed by atoms with Crippen molar-refractivity contribution in [2.45, 2.75) is 37.4 Å². The molecular weight excluding hydrogens is 249 g/mol. The van der Waals surface area contributed by atoms with Crippen molar-refractivity contribution < 1.29 is 22.7 Å². The highest BCUT2D eigenvalue weighted by Crippen LogP contribution is 2.22. The Hall–Kier alpha value is -0.820. The van der Waals surface area contributed by atoms with Gasteiger partial charge >= 0.3 is 6.18 Å². The molecule has 7 heteroatoms. The average Bonchev–Trinajstić information content (AvgIpc) is 2.72. The average molecular weight is 268 g/mol. The van der Waals surface area contributed by atoms with Gasteiger partial charge in [0, 0.05) is 20.1 Å². The topological polar surface area (TPSA) is 50.4 Å². The Morgan fingerprint density at radius 2 is 2.22 bits per heavy atom. The molecule has 0 spiro atoms. The molecule has 1 fully saturated rings. The van der Waals surface area contributed by atoms with Gasteiger partial charge in [0.05, 0.1) is 18.6 Å². The molecule has 1 rings (SSSR count). The van der Waals surface area contributed by atoms with Gasteiger partial charge in [0.2, 0.25) is 5.91 Å². The van der Waals surface area contributed by atoms with Gasteiger partial charge in [0.25, 0.3) is 0 Å². The molecule has 0 bridgehead atoms. The number of ether oxygens (including phenoxy) is 1. The van der Waals surface area contributed by atoms with E-state index in [4.69, 9.17) is 4.74 Å². The Kier molecular flexibility index (Phi) is 5.40. The molecule has 0 aromatic rings. The minimum Gasteiger partial charge on any atom is -0.383 e. The maximum Gasteiger partial charge on any atom is 0.389 e. The highest BCUT2D eigenvalue weighted by atomic mass is 19.4. The number of hydrogen-bond acceptors (Lipinski definition) is 3. The zero-order valence-electron chi connectivity index (χ0n) is 10.4. The molecule has 106 valence electrons. The maximum absolute atomic E-state index is 11.9. The second kappa shape index (κ2) is 6.38. The lowest BCUT2D eigenvalue weighted by atomic mass is 9.98. The number of carbonyl (C=O) groups is 1. The molecule has 1 heterocycles. The summed E-state index contributed by atoms with van der Waals surface area (Å²) in [4.78, 5) is 11.3. The summed E-state index contributed by atoms with van der Waals surface area (Å²) >= 11 is 0. The van der Waals surface area contributed by atoms with Gasteiger partial charge < -0.3 is 15.4 Å². The molecule has 0 aromatic heterocycles. The van der Waals surface area contributed by atoms with E-state index in [2.05, 4.69) is 10.6 Å². The summed E-state index contributed by atoms with van der Waals surface area (Å²) in [5, 5.41) is 5.78. The van der Waals surface area contributed by atoms with E-state index in [1.54, 1.807) is 7.11 Å². The van der Waals surface area contributed by atoms with E-state index in [0.717, 1.165) is 19.4 Å². The molecule has 2 N–H and O–H groups in total. The first-order valence-corrected chi connectivity index (χ1v) is 5.94. The van der Waals surface area contributed by atoms with Crippen molar-refractivity contribution in [3.8, 4) is 0 Å². The van der Waals surface area contributed by atoms with Gasteiger partial charge in [-0.15, -0.1) is 0 Å². The largest absolute Gasteiger partial charge is 0.389 e. The monoisotopic (exact) mass is 268 g/mol. The van der Waals surface area contributed by atoms with Gasteiger partial charge in [-0.1, -0.05) is 0 Å². The van der Waals surface area contributed by atoms with Crippen molar-refractivity contribution in [1.82, 2.24) is 10.6 Å². The summed E-state index contributed by atoms with van der Waals surface area (Å²) in [6.07, 6.45) is -4.06. The van der Waals surface area contributed by atoms with Crippen LogP contribution in [-0.2, 0) is 9.53 Å². The molecule has 0 saturated carbocycles. The van der Waals surface area contributed by atoms with Crippen molar-refractivity contribution >= 4 is 5.91 Å². The fourth-order valence-corrected chi connectivity index (χ4v) is 2.08. The van der Waals surface area contributed by atoms with Crippen LogP contribution >= 0.6 is 0 Å². The van der Waals surface area contributed by atoms with E-state index >= 15 is 0 Å². The van der Waals surface area contributed by atoms with Crippen molar-refractivity contribution in [2.24, 2.45) is 0 Å². The van der Waals surface area contributed by atoms with Crippen LogP contribution in [0.25, 0.3) is 0 Å². The molecule has 1 aliphatic heterocycles. The van der Waals surface area contributed by atoms with Crippen molar-refractivity contribution in [3.05, 3.63) is 0 Å². The second-order valence-corrected chi connectivity index (χ2v) is 4.64. The highest BCUT2D eigenvalue weighted by Gasteiger charge is 2.34. The molecule has 1 aliphatic rings. The maximum atomic E-state index is 11.9. The van der Waals surface area contributed by atoms with Crippen LogP contribution in [0, 0.1) is 0 Å². The zero-order chi connectivity index (χ0) is 13.6. The molecule has 4 nitrogen and oxygen atoms in total. The molecular formula is C11H19F3N2O2. The number of amides is 1. The lowest BCUT2D eigenvalue weighted by Gasteiger charge is -2.29. The van der Waals surface area contributed by atoms with Crippen LogP contribution in [0.4, 0.5) is 13.2 Å². The van der Waals surface area contributed by atoms with Crippen molar-refractivity contribution in [1.29, 1.82) is 0 Å². The third-order valence-corrected chi connectivity index (χ3v) is 3.01. The molecule has 0 radical (unpaired) electrons. The summed E-state index contributed by atoms with van der Waals surface area (Å²) < 4.78 is 40.9. The first-order valence-electron chi connectivity index (χ1n) is 5.94. The predicted octanol–water partition coefficient (Wildman–Crippen LogP) is 1.21. The quantitative estimate of drug-likeness (QED) is 0.761. The Labute approximate surface area is 104 Å². The summed E-state index contributed by atoms with van der Waals surface area (Å²) in [7, 11) is 1.56. The first kappa shape index (κ1) is 15.2. The van der Waals surface area contributed by atoms with Gasteiger partial charge in [-0.3, -0.25) is 4.79 Å². The smallest absolute Gasteiger partial charge is 0.383 e. The molecule has 1 unspecified atom stereocenters. The lowest BCUT2D eigenvalue weighted by Crippen LogP contribution is -2.53. The van der Waals surface area contributed by atoms with Gasteiger partial charge in [0.1, 0.15) is 0 Å². The van der Waals surface area contributed by atoms with Crippen LogP contribution < -0.4 is 10.6 Å². The Bertz CT molecular complexity index is 276. The standard InChI is InChI=1S/C11H19F3N2O2/c1-18-8-10(4-2-6-16-10)7-15-9(17)3-5-11(12,13)14/h16H,2-8H2,1H3,(H,15,17).